The van der Waals surface area contributed by atoms with Crippen LogP contribution < -0.4 is 0 Å². The van der Waals surface area contributed by atoms with Crippen molar-refractivity contribution in [1.82, 2.24) is 0 Å². The van der Waals surface area contributed by atoms with Crippen molar-refractivity contribution in [3.8, 4) is 0 Å². The van der Waals surface area contributed by atoms with Gasteiger partial charge >= 0.3 is 0 Å². The Hall–Kier alpha value is -1.25. The molecule has 1 nitrogen and oxygen atoms in total. The Balaban J connectivity index is 2.04. The number of hydrogen-bond acceptors (Lipinski definition) is 1. The van der Waals surface area contributed by atoms with E-state index in [1.165, 1.54) is 0 Å². The minimum Gasteiger partial charge on any atom is -0.294 e. The van der Waals surface area contributed by atoms with E-state index < -0.39 is 5.92 Å². The van der Waals surface area contributed by atoms with Gasteiger partial charge in [-0.25, -0.2) is 8.78 Å². The molecule has 0 spiro atoms. The maximum absolute atomic E-state index is 13.3. The summed E-state index contributed by atoms with van der Waals surface area (Å²) in [6, 6.07) is 5.69. The largest absolute Gasteiger partial charge is 0.294 e. The van der Waals surface area contributed by atoms with Crippen LogP contribution in [0.3, 0.4) is 0 Å². The lowest BCUT2D eigenvalue weighted by Gasteiger charge is -2.28. The van der Waals surface area contributed by atoms with E-state index in [9.17, 15) is 13.6 Å². The number of ketones is 1. The molecule has 3 heteroatoms. The van der Waals surface area contributed by atoms with Crippen LogP contribution in [0.1, 0.15) is 53.6 Å². The SMILES string of the molecule is Cc1cc(C)cc(C(=O)CC2CCCC(F)(F)C2)c1. The van der Waals surface area contributed by atoms with E-state index in [-0.39, 0.29) is 31.0 Å². The summed E-state index contributed by atoms with van der Waals surface area (Å²) < 4.78 is 26.6. The molecule has 0 N–H and O–H groups in total. The van der Waals surface area contributed by atoms with Crippen LogP contribution in [-0.2, 0) is 0 Å². The Bertz CT molecular complexity index is 459. The fraction of sp³-hybridized carbons (Fsp3) is 0.562. The molecule has 0 saturated heterocycles. The number of carbonyl (C=O) groups is 1. The average Bonchev–Trinajstić information content (AvgIpc) is 2.26. The van der Waals surface area contributed by atoms with Gasteiger partial charge in [-0.05, 0) is 44.7 Å². The molecule has 1 saturated carbocycles. The van der Waals surface area contributed by atoms with Crippen LogP contribution in [0, 0.1) is 19.8 Å². The van der Waals surface area contributed by atoms with Crippen LogP contribution in [-0.4, -0.2) is 11.7 Å². The summed E-state index contributed by atoms with van der Waals surface area (Å²) in [4.78, 5) is 12.2. The summed E-state index contributed by atoms with van der Waals surface area (Å²) in [6.45, 7) is 3.89. The lowest BCUT2D eigenvalue weighted by molar-refractivity contribution is -0.0521. The summed E-state index contributed by atoms with van der Waals surface area (Å²) in [6.07, 6.45) is 1.35. The van der Waals surface area contributed by atoms with Crippen molar-refractivity contribution in [3.05, 3.63) is 34.9 Å². The van der Waals surface area contributed by atoms with Crippen molar-refractivity contribution >= 4 is 5.78 Å². The average molecular weight is 266 g/mol. The molecule has 0 amide bonds. The molecule has 2 rings (SSSR count). The van der Waals surface area contributed by atoms with E-state index >= 15 is 0 Å². The highest BCUT2D eigenvalue weighted by atomic mass is 19.3. The summed E-state index contributed by atoms with van der Waals surface area (Å²) >= 11 is 0. The van der Waals surface area contributed by atoms with Crippen molar-refractivity contribution < 1.29 is 13.6 Å². The normalized spacial score (nSPS) is 22.2. The van der Waals surface area contributed by atoms with Gasteiger partial charge in [0.15, 0.2) is 5.78 Å². The number of benzene rings is 1. The number of halogens is 2. The van der Waals surface area contributed by atoms with Gasteiger partial charge in [-0.2, -0.15) is 0 Å². The quantitative estimate of drug-likeness (QED) is 0.725. The van der Waals surface area contributed by atoms with E-state index in [0.29, 0.717) is 12.0 Å². The first-order chi connectivity index (χ1) is 8.85. The van der Waals surface area contributed by atoms with Crippen LogP contribution in [0.25, 0.3) is 0 Å². The second kappa shape index (κ2) is 5.40. The Morgan fingerprint density at radius 3 is 2.47 bits per heavy atom. The lowest BCUT2D eigenvalue weighted by Crippen LogP contribution is -2.27. The Morgan fingerprint density at radius 2 is 1.89 bits per heavy atom. The number of alkyl halides is 2. The van der Waals surface area contributed by atoms with E-state index in [1.54, 1.807) is 0 Å². The molecule has 1 aliphatic rings. The molecule has 0 heterocycles. The van der Waals surface area contributed by atoms with Gasteiger partial charge in [0, 0.05) is 24.8 Å². The zero-order valence-electron chi connectivity index (χ0n) is 11.5. The Labute approximate surface area is 113 Å². The number of Topliss-reactive ketones (excluding diaryl/α,β-unsaturated/α-hetero) is 1. The summed E-state index contributed by atoms with van der Waals surface area (Å²) in [7, 11) is 0. The molecule has 0 bridgehead atoms. The van der Waals surface area contributed by atoms with Crippen LogP contribution in [0.15, 0.2) is 18.2 Å². The maximum Gasteiger partial charge on any atom is 0.248 e. The molecule has 0 aliphatic heterocycles. The van der Waals surface area contributed by atoms with E-state index in [0.717, 1.165) is 17.5 Å². The molecule has 1 aromatic carbocycles. The molecule has 1 unspecified atom stereocenters. The molecular formula is C16H20F2O. The standard InChI is InChI=1S/C16H20F2O/c1-11-6-12(2)8-14(7-11)15(19)9-13-4-3-5-16(17,18)10-13/h6-8,13H,3-5,9-10H2,1-2H3. The summed E-state index contributed by atoms with van der Waals surface area (Å²) in [5.74, 6) is -2.75. The van der Waals surface area contributed by atoms with E-state index in [2.05, 4.69) is 0 Å². The van der Waals surface area contributed by atoms with Crippen molar-refractivity contribution in [2.24, 2.45) is 5.92 Å². The molecule has 0 aromatic heterocycles. The Kier molecular flexibility index (Phi) is 4.02. The van der Waals surface area contributed by atoms with Crippen molar-refractivity contribution in [2.75, 3.05) is 0 Å². The van der Waals surface area contributed by atoms with Gasteiger partial charge in [-0.1, -0.05) is 17.2 Å². The monoisotopic (exact) mass is 266 g/mol. The molecule has 1 fully saturated rings. The van der Waals surface area contributed by atoms with Crippen molar-refractivity contribution in [1.29, 1.82) is 0 Å². The number of hydrogen-bond donors (Lipinski definition) is 0. The fourth-order valence-electron chi connectivity index (χ4n) is 2.97. The zero-order chi connectivity index (χ0) is 14.0. The van der Waals surface area contributed by atoms with E-state index in [4.69, 9.17) is 0 Å². The molecule has 19 heavy (non-hydrogen) atoms. The van der Waals surface area contributed by atoms with Gasteiger partial charge in [0.2, 0.25) is 5.92 Å². The molecular weight excluding hydrogens is 246 g/mol. The van der Waals surface area contributed by atoms with Gasteiger partial charge < -0.3 is 0 Å². The van der Waals surface area contributed by atoms with Crippen LogP contribution in [0.4, 0.5) is 8.78 Å². The van der Waals surface area contributed by atoms with Gasteiger partial charge in [0.1, 0.15) is 0 Å². The first-order valence-corrected chi connectivity index (χ1v) is 6.85. The summed E-state index contributed by atoms with van der Waals surface area (Å²) in [5.41, 5.74) is 2.74. The van der Waals surface area contributed by atoms with Gasteiger partial charge in [-0.15, -0.1) is 0 Å². The molecule has 0 radical (unpaired) electrons. The third-order valence-electron chi connectivity index (χ3n) is 3.76. The van der Waals surface area contributed by atoms with Gasteiger partial charge in [0.25, 0.3) is 0 Å². The highest BCUT2D eigenvalue weighted by molar-refractivity contribution is 5.96. The van der Waals surface area contributed by atoms with Gasteiger partial charge in [-0.3, -0.25) is 4.79 Å². The van der Waals surface area contributed by atoms with Crippen LogP contribution in [0.5, 0.6) is 0 Å². The number of aryl methyl sites for hydroxylation is 2. The lowest BCUT2D eigenvalue weighted by atomic mass is 9.82. The number of carbonyl (C=O) groups excluding carboxylic acids is 1. The minimum absolute atomic E-state index is 0.00509. The predicted molar refractivity (Wildman–Crippen MR) is 71.8 cm³/mol. The zero-order valence-corrected chi connectivity index (χ0v) is 11.5. The second-order valence-corrected chi connectivity index (χ2v) is 5.82. The molecule has 1 aliphatic carbocycles. The first kappa shape index (κ1) is 14.2. The first-order valence-electron chi connectivity index (χ1n) is 6.85. The Morgan fingerprint density at radius 1 is 1.26 bits per heavy atom. The van der Waals surface area contributed by atoms with Crippen LogP contribution >= 0.6 is 0 Å². The predicted octanol–water partition coefficient (Wildman–Crippen LogP) is 4.70. The second-order valence-electron chi connectivity index (χ2n) is 5.82. The topological polar surface area (TPSA) is 17.1 Å². The van der Waals surface area contributed by atoms with Gasteiger partial charge in [0.05, 0.1) is 0 Å². The third kappa shape index (κ3) is 3.85. The third-order valence-corrected chi connectivity index (χ3v) is 3.76. The fourth-order valence-corrected chi connectivity index (χ4v) is 2.97. The van der Waals surface area contributed by atoms with E-state index in [1.807, 2.05) is 32.0 Å². The van der Waals surface area contributed by atoms with Crippen molar-refractivity contribution in [2.45, 2.75) is 51.9 Å². The smallest absolute Gasteiger partial charge is 0.248 e. The summed E-state index contributed by atoms with van der Waals surface area (Å²) in [5, 5.41) is 0. The number of rotatable bonds is 3. The van der Waals surface area contributed by atoms with Crippen molar-refractivity contribution in [3.63, 3.8) is 0 Å². The molecule has 104 valence electrons. The molecule has 1 aromatic rings. The minimum atomic E-state index is -2.58. The highest BCUT2D eigenvalue weighted by Crippen LogP contribution is 2.38. The molecule has 1 atom stereocenters. The maximum atomic E-state index is 13.3. The van der Waals surface area contributed by atoms with Crippen LogP contribution in [0.2, 0.25) is 0 Å². The highest BCUT2D eigenvalue weighted by Gasteiger charge is 2.36.